The highest BCUT2D eigenvalue weighted by molar-refractivity contribution is 6.10. The molecule has 1 aliphatic heterocycles. The quantitative estimate of drug-likeness (QED) is 0.849. The van der Waals surface area contributed by atoms with Gasteiger partial charge in [0.25, 0.3) is 11.5 Å². The smallest absolute Gasteiger partial charge is 0.339 e. The lowest BCUT2D eigenvalue weighted by Gasteiger charge is -2.23. The average molecular weight is 356 g/mol. The van der Waals surface area contributed by atoms with Gasteiger partial charge in [0, 0.05) is 18.3 Å². The van der Waals surface area contributed by atoms with Crippen LogP contribution in [0.25, 0.3) is 0 Å². The number of fused-ring (bicyclic) bond motifs is 1. The standard InChI is InChI=1S/C19H20N2O5/c1-25-15-11-16(22)21-10-6-5-9-14(21)17(15)18(23)20-13-8-4-3-7-12(13)19(24)26-2/h3-4,7-8,11H,5-6,9-10H2,1-2H3,(H,20,23). The van der Waals surface area contributed by atoms with Gasteiger partial charge in [-0.1, -0.05) is 12.1 Å². The highest BCUT2D eigenvalue weighted by atomic mass is 16.5. The van der Waals surface area contributed by atoms with Crippen molar-refractivity contribution in [3.05, 3.63) is 57.5 Å². The van der Waals surface area contributed by atoms with E-state index in [1.165, 1.54) is 20.3 Å². The molecule has 1 amide bonds. The number of carbonyl (C=O) groups is 2. The van der Waals surface area contributed by atoms with E-state index < -0.39 is 11.9 Å². The summed E-state index contributed by atoms with van der Waals surface area (Å²) in [6.07, 6.45) is 2.41. The van der Waals surface area contributed by atoms with E-state index in [4.69, 9.17) is 9.47 Å². The Morgan fingerprint density at radius 2 is 1.92 bits per heavy atom. The lowest BCUT2D eigenvalue weighted by molar-refractivity contribution is 0.0602. The van der Waals surface area contributed by atoms with Gasteiger partial charge in [-0.05, 0) is 31.4 Å². The monoisotopic (exact) mass is 356 g/mol. The molecule has 0 unspecified atom stereocenters. The van der Waals surface area contributed by atoms with Crippen molar-refractivity contribution in [2.75, 3.05) is 19.5 Å². The van der Waals surface area contributed by atoms with Crippen LogP contribution in [0.2, 0.25) is 0 Å². The van der Waals surface area contributed by atoms with Crippen LogP contribution >= 0.6 is 0 Å². The second kappa shape index (κ2) is 7.43. The predicted octanol–water partition coefficient (Wildman–Crippen LogP) is 2.23. The maximum Gasteiger partial charge on any atom is 0.339 e. The highest BCUT2D eigenvalue weighted by Gasteiger charge is 2.25. The van der Waals surface area contributed by atoms with Crippen LogP contribution in [0.1, 0.15) is 39.3 Å². The molecule has 0 saturated carbocycles. The van der Waals surface area contributed by atoms with Crippen molar-refractivity contribution in [2.24, 2.45) is 0 Å². The Kier molecular flexibility index (Phi) is 5.06. The summed E-state index contributed by atoms with van der Waals surface area (Å²) in [5, 5.41) is 2.75. The van der Waals surface area contributed by atoms with Crippen molar-refractivity contribution in [2.45, 2.75) is 25.8 Å². The third-order valence-electron chi connectivity index (χ3n) is 4.45. The van der Waals surface area contributed by atoms with Crippen LogP contribution < -0.4 is 15.6 Å². The van der Waals surface area contributed by atoms with E-state index in [0.29, 0.717) is 29.9 Å². The molecule has 3 rings (SSSR count). The Balaban J connectivity index is 2.04. The molecule has 0 bridgehead atoms. The number of ether oxygens (including phenoxy) is 2. The zero-order valence-electron chi connectivity index (χ0n) is 14.7. The number of anilines is 1. The fourth-order valence-corrected chi connectivity index (χ4v) is 3.21. The number of carbonyl (C=O) groups excluding carboxylic acids is 2. The minimum Gasteiger partial charge on any atom is -0.496 e. The summed E-state index contributed by atoms with van der Waals surface area (Å²) < 4.78 is 11.7. The molecule has 0 saturated heterocycles. The van der Waals surface area contributed by atoms with Gasteiger partial charge in [-0.25, -0.2) is 4.79 Å². The zero-order chi connectivity index (χ0) is 18.7. The first-order chi connectivity index (χ1) is 12.6. The van der Waals surface area contributed by atoms with Gasteiger partial charge in [-0.15, -0.1) is 0 Å². The van der Waals surface area contributed by atoms with Crippen LogP contribution in [0.3, 0.4) is 0 Å². The number of hydrogen-bond acceptors (Lipinski definition) is 5. The molecule has 2 heterocycles. The first kappa shape index (κ1) is 17.7. The molecule has 1 aromatic carbocycles. The van der Waals surface area contributed by atoms with Crippen molar-refractivity contribution in [3.63, 3.8) is 0 Å². The minimum atomic E-state index is -0.542. The Labute approximate surface area is 150 Å². The summed E-state index contributed by atoms with van der Waals surface area (Å²) >= 11 is 0. The molecule has 0 aliphatic carbocycles. The van der Waals surface area contributed by atoms with Crippen molar-refractivity contribution in [1.82, 2.24) is 4.57 Å². The molecule has 2 aromatic rings. The fourth-order valence-electron chi connectivity index (χ4n) is 3.21. The van der Waals surface area contributed by atoms with Gasteiger partial charge in [0.15, 0.2) is 0 Å². The van der Waals surface area contributed by atoms with Crippen molar-refractivity contribution < 1.29 is 19.1 Å². The maximum absolute atomic E-state index is 13.0. The van der Waals surface area contributed by atoms with E-state index >= 15 is 0 Å². The highest BCUT2D eigenvalue weighted by Crippen LogP contribution is 2.27. The first-order valence-corrected chi connectivity index (χ1v) is 8.36. The molecule has 136 valence electrons. The van der Waals surface area contributed by atoms with Gasteiger partial charge >= 0.3 is 5.97 Å². The molecule has 1 N–H and O–H groups in total. The van der Waals surface area contributed by atoms with Crippen LogP contribution in [-0.4, -0.2) is 30.7 Å². The Hall–Kier alpha value is -3.09. The summed E-state index contributed by atoms with van der Waals surface area (Å²) in [5.41, 5.74) is 1.40. The first-order valence-electron chi connectivity index (χ1n) is 8.36. The average Bonchev–Trinajstić information content (AvgIpc) is 2.67. The van der Waals surface area contributed by atoms with Crippen LogP contribution in [0.15, 0.2) is 35.1 Å². The van der Waals surface area contributed by atoms with Gasteiger partial charge in [0.05, 0.1) is 25.5 Å². The summed E-state index contributed by atoms with van der Waals surface area (Å²) in [7, 11) is 2.71. The van der Waals surface area contributed by atoms with E-state index in [9.17, 15) is 14.4 Å². The molecule has 0 fully saturated rings. The van der Waals surface area contributed by atoms with Crippen LogP contribution in [-0.2, 0) is 17.7 Å². The number of pyridine rings is 1. The van der Waals surface area contributed by atoms with E-state index in [1.54, 1.807) is 28.8 Å². The molecule has 0 spiro atoms. The van der Waals surface area contributed by atoms with Crippen LogP contribution in [0, 0.1) is 0 Å². The Morgan fingerprint density at radius 1 is 1.15 bits per heavy atom. The summed E-state index contributed by atoms with van der Waals surface area (Å²) in [5.74, 6) is -0.737. The van der Waals surface area contributed by atoms with Gasteiger partial charge in [-0.3, -0.25) is 9.59 Å². The molecule has 26 heavy (non-hydrogen) atoms. The maximum atomic E-state index is 13.0. The lowest BCUT2D eigenvalue weighted by Crippen LogP contribution is -2.31. The SMILES string of the molecule is COC(=O)c1ccccc1NC(=O)c1c(OC)cc(=O)n2c1CCCC2. The number of para-hydroxylation sites is 1. The third-order valence-corrected chi connectivity index (χ3v) is 4.45. The fraction of sp³-hybridized carbons (Fsp3) is 0.316. The largest absolute Gasteiger partial charge is 0.496 e. The van der Waals surface area contributed by atoms with Gasteiger partial charge < -0.3 is 19.4 Å². The van der Waals surface area contributed by atoms with Gasteiger partial charge in [-0.2, -0.15) is 0 Å². The molecule has 0 radical (unpaired) electrons. The van der Waals surface area contributed by atoms with Crippen LogP contribution in [0.4, 0.5) is 5.69 Å². The van der Waals surface area contributed by atoms with E-state index in [2.05, 4.69) is 5.32 Å². The Morgan fingerprint density at radius 3 is 2.65 bits per heavy atom. The summed E-state index contributed by atoms with van der Waals surface area (Å²) in [6, 6.07) is 7.93. The van der Waals surface area contributed by atoms with E-state index in [-0.39, 0.29) is 16.9 Å². The van der Waals surface area contributed by atoms with E-state index in [0.717, 1.165) is 12.8 Å². The van der Waals surface area contributed by atoms with Crippen LogP contribution in [0.5, 0.6) is 5.75 Å². The summed E-state index contributed by atoms with van der Waals surface area (Å²) in [4.78, 5) is 37.1. The number of nitrogens with one attached hydrogen (secondary N) is 1. The van der Waals surface area contributed by atoms with Gasteiger partial charge in [0.1, 0.15) is 11.3 Å². The number of hydrogen-bond donors (Lipinski definition) is 1. The van der Waals surface area contributed by atoms with E-state index in [1.807, 2.05) is 0 Å². The number of esters is 1. The minimum absolute atomic E-state index is 0.178. The lowest BCUT2D eigenvalue weighted by atomic mass is 10.0. The molecule has 7 nitrogen and oxygen atoms in total. The normalized spacial score (nSPS) is 12.8. The topological polar surface area (TPSA) is 86.6 Å². The second-order valence-electron chi connectivity index (χ2n) is 5.97. The molecule has 1 aliphatic rings. The predicted molar refractivity (Wildman–Crippen MR) is 95.9 cm³/mol. The van der Waals surface area contributed by atoms with Gasteiger partial charge in [0.2, 0.25) is 0 Å². The number of aromatic nitrogens is 1. The van der Waals surface area contributed by atoms with Crippen molar-refractivity contribution >= 4 is 17.6 Å². The van der Waals surface area contributed by atoms with Crippen molar-refractivity contribution in [1.29, 1.82) is 0 Å². The number of benzene rings is 1. The zero-order valence-corrected chi connectivity index (χ0v) is 14.7. The number of methoxy groups -OCH3 is 2. The summed E-state index contributed by atoms with van der Waals surface area (Å²) in [6.45, 7) is 0.581. The molecular weight excluding hydrogens is 336 g/mol. The number of nitrogens with zero attached hydrogens (tertiary/aromatic N) is 1. The molecular formula is C19H20N2O5. The number of rotatable bonds is 4. The molecule has 7 heteroatoms. The Bertz CT molecular complexity index is 917. The molecule has 1 aromatic heterocycles. The van der Waals surface area contributed by atoms with Crippen molar-refractivity contribution in [3.8, 4) is 5.75 Å². The third kappa shape index (κ3) is 3.20. The second-order valence-corrected chi connectivity index (χ2v) is 5.97. The number of amides is 1. The molecule has 0 atom stereocenters.